The van der Waals surface area contributed by atoms with E-state index in [4.69, 9.17) is 0 Å². The largest absolute Gasteiger partial charge is 0.273 e. The van der Waals surface area contributed by atoms with Gasteiger partial charge in [0, 0.05) is 11.9 Å². The Bertz CT molecular complexity index is 65.9. The second kappa shape index (κ2) is 1.86. The average Bonchev–Trinajstić information content (AvgIpc) is 1.86. The van der Waals surface area contributed by atoms with Gasteiger partial charge in [-0.2, -0.15) is 0 Å². The molecule has 1 rings (SSSR count). The van der Waals surface area contributed by atoms with E-state index in [-0.39, 0.29) is 4.45 Å². The minimum atomic E-state index is 0.176. The molecule has 1 saturated heterocycles. The van der Waals surface area contributed by atoms with Crippen LogP contribution in [0, 0.1) is 0 Å². The molecule has 0 aromatic heterocycles. The van der Waals surface area contributed by atoms with E-state index < -0.39 is 0 Å². The molecule has 0 amide bonds. The van der Waals surface area contributed by atoms with Gasteiger partial charge in [0.1, 0.15) is 0 Å². The first-order valence-electron chi connectivity index (χ1n) is 1.46. The zero-order valence-electron chi connectivity index (χ0n) is 2.93. The zero-order chi connectivity index (χ0) is 4.41. The van der Waals surface area contributed by atoms with Gasteiger partial charge in [-0.3, -0.25) is 4.79 Å². The fourth-order valence-electron chi connectivity index (χ4n) is 0.206. The summed E-state index contributed by atoms with van der Waals surface area (Å²) >= 11 is 2.48. The van der Waals surface area contributed by atoms with Crippen LogP contribution in [0.15, 0.2) is 0 Å². The summed E-state index contributed by atoms with van der Waals surface area (Å²) in [5, 5.41) is 0. The summed E-state index contributed by atoms with van der Waals surface area (Å²) in [6.45, 7) is 0. The van der Waals surface area contributed by atoms with Crippen molar-refractivity contribution in [2.75, 3.05) is 5.88 Å². The first-order valence-corrected chi connectivity index (χ1v) is 3.26. The molecule has 4 heteroatoms. The van der Waals surface area contributed by atoms with Gasteiger partial charge in [-0.1, -0.05) is 11.8 Å². The molecule has 6 heavy (non-hydrogen) atoms. The summed E-state index contributed by atoms with van der Waals surface area (Å²) in [5.74, 6) is 0.767. The van der Waals surface area contributed by atoms with Crippen LogP contribution in [0.4, 0.5) is 4.79 Å². The van der Waals surface area contributed by atoms with E-state index in [0.29, 0.717) is 0 Å². The van der Waals surface area contributed by atoms with Gasteiger partial charge in [0.2, 0.25) is 0 Å². The topological polar surface area (TPSA) is 29.1 Å². The molecule has 0 atom stereocenters. The third kappa shape index (κ3) is 0.894. The summed E-state index contributed by atoms with van der Waals surface area (Å²) in [4.78, 5) is 10.1. The summed E-state index contributed by atoms with van der Waals surface area (Å²) in [6, 6.07) is 0. The number of thioether (sulfide) groups is 1. The second-order valence-corrected chi connectivity index (χ2v) is 2.86. The van der Waals surface area contributed by atoms with Crippen LogP contribution in [0.5, 0.6) is 0 Å². The Morgan fingerprint density at radius 1 is 1.83 bits per heavy atom. The van der Waals surface area contributed by atoms with Crippen molar-refractivity contribution in [3.05, 3.63) is 0 Å². The van der Waals surface area contributed by atoms with Crippen molar-refractivity contribution in [3.63, 3.8) is 0 Å². The highest BCUT2D eigenvalue weighted by atomic mass is 32.2. The van der Waals surface area contributed by atoms with Crippen LogP contribution < -0.4 is 4.72 Å². The molecule has 0 saturated carbocycles. The van der Waals surface area contributed by atoms with Crippen LogP contribution in [0.25, 0.3) is 0 Å². The van der Waals surface area contributed by atoms with Gasteiger partial charge in [-0.15, -0.1) is 0 Å². The van der Waals surface area contributed by atoms with Crippen molar-refractivity contribution >= 4 is 28.2 Å². The quantitative estimate of drug-likeness (QED) is 0.485. The SMILES string of the molecule is O=C1SCNS1. The minimum Gasteiger partial charge on any atom is -0.273 e. The summed E-state index contributed by atoms with van der Waals surface area (Å²) in [6.07, 6.45) is 0. The van der Waals surface area contributed by atoms with Crippen LogP contribution in [-0.2, 0) is 0 Å². The number of carbonyl (C=O) groups is 1. The molecule has 0 aliphatic carbocycles. The maximum Gasteiger partial charge on any atom is 0.262 e. The Hall–Kier alpha value is 0.330. The van der Waals surface area contributed by atoms with Gasteiger partial charge in [0.25, 0.3) is 4.45 Å². The van der Waals surface area contributed by atoms with Crippen LogP contribution in [0.2, 0.25) is 0 Å². The van der Waals surface area contributed by atoms with E-state index in [1.54, 1.807) is 0 Å². The maximum absolute atomic E-state index is 10.1. The second-order valence-electron chi connectivity index (χ2n) is 0.785. The number of hydrogen-bond donors (Lipinski definition) is 1. The fourth-order valence-corrected chi connectivity index (χ4v) is 1.50. The van der Waals surface area contributed by atoms with Crippen molar-refractivity contribution in [2.24, 2.45) is 0 Å². The molecule has 0 spiro atoms. The molecule has 0 aromatic rings. The van der Waals surface area contributed by atoms with E-state index >= 15 is 0 Å². The molecule has 0 aromatic carbocycles. The van der Waals surface area contributed by atoms with E-state index in [1.165, 1.54) is 23.7 Å². The van der Waals surface area contributed by atoms with Gasteiger partial charge in [0.05, 0.1) is 5.88 Å². The highest BCUT2D eigenvalue weighted by molar-refractivity contribution is 8.40. The zero-order valence-corrected chi connectivity index (χ0v) is 4.56. The molecular formula is C2H3NOS2. The fraction of sp³-hybridized carbons (Fsp3) is 0.500. The summed E-state index contributed by atoms with van der Waals surface area (Å²) in [5.41, 5.74) is 0. The van der Waals surface area contributed by atoms with Gasteiger partial charge in [0.15, 0.2) is 0 Å². The normalized spacial score (nSPS) is 22.3. The van der Waals surface area contributed by atoms with E-state index in [9.17, 15) is 4.79 Å². The lowest BCUT2D eigenvalue weighted by atomic mass is 11.5. The van der Waals surface area contributed by atoms with E-state index in [0.717, 1.165) is 5.88 Å². The van der Waals surface area contributed by atoms with Gasteiger partial charge in [-0.05, 0) is 0 Å². The monoisotopic (exact) mass is 121 g/mol. The molecule has 1 fully saturated rings. The van der Waals surface area contributed by atoms with Crippen molar-refractivity contribution in [1.82, 2.24) is 4.72 Å². The molecule has 2 nitrogen and oxygen atoms in total. The Morgan fingerprint density at radius 3 is 2.83 bits per heavy atom. The lowest BCUT2D eigenvalue weighted by Gasteiger charge is -1.71. The highest BCUT2D eigenvalue weighted by Crippen LogP contribution is 2.19. The third-order valence-electron chi connectivity index (χ3n) is 0.404. The molecule has 0 bridgehead atoms. The summed E-state index contributed by atoms with van der Waals surface area (Å²) in [7, 11) is 0. The number of rotatable bonds is 0. The van der Waals surface area contributed by atoms with Gasteiger partial charge in [-0.25, -0.2) is 4.72 Å². The Kier molecular flexibility index (Phi) is 1.39. The number of hydrogen-bond acceptors (Lipinski definition) is 4. The van der Waals surface area contributed by atoms with E-state index in [2.05, 4.69) is 4.72 Å². The first-order chi connectivity index (χ1) is 2.89. The number of carbonyl (C=O) groups excluding carboxylic acids is 1. The Labute approximate surface area is 44.2 Å². The highest BCUT2D eigenvalue weighted by Gasteiger charge is 2.08. The lowest BCUT2D eigenvalue weighted by Crippen LogP contribution is -1.89. The molecule has 1 aliphatic heterocycles. The summed E-state index contributed by atoms with van der Waals surface area (Å²) < 4.78 is 2.98. The maximum atomic E-state index is 10.1. The lowest BCUT2D eigenvalue weighted by molar-refractivity contribution is 0.277. The molecule has 0 unspecified atom stereocenters. The van der Waals surface area contributed by atoms with Crippen molar-refractivity contribution in [2.45, 2.75) is 0 Å². The minimum absolute atomic E-state index is 0.176. The van der Waals surface area contributed by atoms with Crippen molar-refractivity contribution in [1.29, 1.82) is 0 Å². The van der Waals surface area contributed by atoms with Crippen molar-refractivity contribution in [3.8, 4) is 0 Å². The van der Waals surface area contributed by atoms with Gasteiger partial charge >= 0.3 is 0 Å². The van der Waals surface area contributed by atoms with Crippen LogP contribution in [0.1, 0.15) is 0 Å². The first kappa shape index (κ1) is 4.49. The molecule has 0 radical (unpaired) electrons. The Balaban J connectivity index is 2.37. The van der Waals surface area contributed by atoms with E-state index in [1.807, 2.05) is 0 Å². The van der Waals surface area contributed by atoms with Crippen molar-refractivity contribution < 1.29 is 4.79 Å². The average molecular weight is 121 g/mol. The van der Waals surface area contributed by atoms with Crippen LogP contribution >= 0.6 is 23.7 Å². The van der Waals surface area contributed by atoms with Crippen LogP contribution in [-0.4, -0.2) is 10.3 Å². The molecule has 1 N–H and O–H groups in total. The predicted molar refractivity (Wildman–Crippen MR) is 28.6 cm³/mol. The Morgan fingerprint density at radius 2 is 2.67 bits per heavy atom. The molecule has 1 heterocycles. The number of nitrogens with one attached hydrogen (secondary N) is 1. The predicted octanol–water partition coefficient (Wildman–Crippen LogP) is 1.05. The molecular weight excluding hydrogens is 118 g/mol. The third-order valence-corrected chi connectivity index (χ3v) is 2.17. The molecule has 34 valence electrons. The molecule has 1 aliphatic rings. The standard InChI is InChI=1S/C2H3NOS2/c4-2-5-1-3-6-2/h3H,1H2. The van der Waals surface area contributed by atoms with Crippen LogP contribution in [0.3, 0.4) is 0 Å². The van der Waals surface area contributed by atoms with Gasteiger partial charge < -0.3 is 0 Å². The smallest absolute Gasteiger partial charge is 0.262 e.